The van der Waals surface area contributed by atoms with E-state index in [0.29, 0.717) is 5.30 Å². The van der Waals surface area contributed by atoms with Gasteiger partial charge < -0.3 is 0 Å². The Morgan fingerprint density at radius 3 is 2.00 bits per heavy atom. The van der Waals surface area contributed by atoms with E-state index in [1.54, 1.807) is 12.1 Å². The molecule has 0 N–H and O–H groups in total. The van der Waals surface area contributed by atoms with Gasteiger partial charge in [-0.15, -0.1) is 0 Å². The molecule has 0 fully saturated rings. The maximum atomic E-state index is 12.8. The molecular formula is C10H12Br2F3PSi. The molecule has 0 radical (unpaired) electrons. The summed E-state index contributed by atoms with van der Waals surface area (Å²) < 4.78 is 38.5. The molecule has 0 atom stereocenters. The van der Waals surface area contributed by atoms with Gasteiger partial charge in [-0.2, -0.15) is 13.2 Å². The van der Waals surface area contributed by atoms with Gasteiger partial charge in [0.2, 0.25) is 0 Å². The second-order valence-electron chi connectivity index (χ2n) is 4.71. The lowest BCUT2D eigenvalue weighted by molar-refractivity contribution is -0.136. The van der Waals surface area contributed by atoms with E-state index in [-0.39, 0.29) is 0 Å². The molecule has 96 valence electrons. The first-order chi connectivity index (χ1) is 7.53. The minimum atomic E-state index is -4.30. The van der Waals surface area contributed by atoms with E-state index < -0.39 is 25.1 Å². The molecule has 0 unspecified atom stereocenters. The summed E-state index contributed by atoms with van der Waals surface area (Å²) >= 11 is 6.45. The molecule has 0 aliphatic heterocycles. The molecule has 0 heterocycles. The van der Waals surface area contributed by atoms with Crippen LogP contribution in [-0.4, -0.2) is 8.07 Å². The molecular weight excluding hydrogens is 396 g/mol. The van der Waals surface area contributed by atoms with Crippen molar-refractivity contribution in [3.8, 4) is 0 Å². The van der Waals surface area contributed by atoms with Gasteiger partial charge >= 0.3 is 6.18 Å². The van der Waals surface area contributed by atoms with Crippen molar-refractivity contribution in [2.45, 2.75) is 25.8 Å². The van der Waals surface area contributed by atoms with Crippen LogP contribution in [0.4, 0.5) is 13.2 Å². The topological polar surface area (TPSA) is 0 Å². The molecule has 0 bridgehead atoms. The monoisotopic (exact) mass is 406 g/mol. The van der Waals surface area contributed by atoms with Gasteiger partial charge in [-0.05, 0) is 37.0 Å². The Labute approximate surface area is 117 Å². The van der Waals surface area contributed by atoms with Crippen LogP contribution in [-0.2, 0) is 6.18 Å². The van der Waals surface area contributed by atoms with E-state index >= 15 is 0 Å². The Kier molecular flexibility index (Phi) is 4.90. The lowest BCUT2D eigenvalue weighted by atomic mass is 10.2. The van der Waals surface area contributed by atoms with Crippen molar-refractivity contribution in [3.05, 3.63) is 23.8 Å². The number of rotatable bonds is 2. The fourth-order valence-electron chi connectivity index (χ4n) is 1.38. The fraction of sp³-hybridized carbons (Fsp3) is 0.400. The maximum absolute atomic E-state index is 12.8. The molecule has 0 saturated carbocycles. The number of alkyl halides is 3. The van der Waals surface area contributed by atoms with Crippen molar-refractivity contribution in [1.82, 2.24) is 0 Å². The van der Waals surface area contributed by atoms with Crippen LogP contribution in [0.25, 0.3) is 0 Å². The SMILES string of the molecule is C[Si](C)(C)c1ccc(C(F)(F)F)c(P(Br)Br)c1. The first-order valence-corrected chi connectivity index (χ1v) is 13.7. The Morgan fingerprint density at radius 1 is 1.12 bits per heavy atom. The molecule has 0 spiro atoms. The molecule has 1 aromatic carbocycles. The summed E-state index contributed by atoms with van der Waals surface area (Å²) in [5.41, 5.74) is -0.556. The first-order valence-electron chi connectivity index (χ1n) is 4.87. The Balaban J connectivity index is 3.38. The molecule has 0 aliphatic rings. The zero-order chi connectivity index (χ0) is 13.4. The normalized spacial score (nSPS) is 13.2. The smallest absolute Gasteiger partial charge is 0.166 e. The van der Waals surface area contributed by atoms with Gasteiger partial charge in [-0.1, -0.05) is 37.0 Å². The Hall–Kier alpha value is 0.617. The van der Waals surface area contributed by atoms with E-state index in [1.807, 2.05) is 0 Å². The van der Waals surface area contributed by atoms with Gasteiger partial charge in [-0.25, -0.2) is 0 Å². The molecule has 0 saturated heterocycles. The zero-order valence-electron chi connectivity index (χ0n) is 9.57. The van der Waals surface area contributed by atoms with Crippen LogP contribution < -0.4 is 10.5 Å². The van der Waals surface area contributed by atoms with Crippen molar-refractivity contribution >= 4 is 54.9 Å². The molecule has 1 rings (SSSR count). The van der Waals surface area contributed by atoms with E-state index in [0.717, 1.165) is 5.19 Å². The highest BCUT2D eigenvalue weighted by Gasteiger charge is 2.35. The number of halogens is 5. The van der Waals surface area contributed by atoms with Gasteiger partial charge in [0, 0.05) is 5.30 Å². The molecule has 7 heteroatoms. The summed E-state index contributed by atoms with van der Waals surface area (Å²) in [6.07, 6.45) is -4.30. The van der Waals surface area contributed by atoms with Crippen LogP contribution in [0.5, 0.6) is 0 Å². The van der Waals surface area contributed by atoms with E-state index in [9.17, 15) is 13.2 Å². The zero-order valence-corrected chi connectivity index (χ0v) is 14.6. The second-order valence-corrected chi connectivity index (χ2v) is 17.8. The van der Waals surface area contributed by atoms with Crippen molar-refractivity contribution in [2.24, 2.45) is 0 Å². The summed E-state index contributed by atoms with van der Waals surface area (Å²) in [6, 6.07) is 4.49. The largest absolute Gasteiger partial charge is 0.417 e. The van der Waals surface area contributed by atoms with Gasteiger partial charge in [-0.3, -0.25) is 0 Å². The molecule has 0 nitrogen and oxygen atoms in total. The lowest BCUT2D eigenvalue weighted by Crippen LogP contribution is -2.39. The lowest BCUT2D eigenvalue weighted by Gasteiger charge is -2.21. The third-order valence-corrected chi connectivity index (χ3v) is 7.42. The van der Waals surface area contributed by atoms with Crippen LogP contribution >= 0.6 is 36.3 Å². The quantitative estimate of drug-likeness (QED) is 0.479. The molecule has 1 aromatic rings. The van der Waals surface area contributed by atoms with Crippen molar-refractivity contribution < 1.29 is 13.2 Å². The number of benzene rings is 1. The van der Waals surface area contributed by atoms with Gasteiger partial charge in [0.15, 0.2) is 0 Å². The van der Waals surface area contributed by atoms with Crippen LogP contribution in [0.1, 0.15) is 5.56 Å². The molecule has 0 aliphatic carbocycles. The van der Waals surface area contributed by atoms with E-state index in [2.05, 4.69) is 50.6 Å². The van der Waals surface area contributed by atoms with Crippen molar-refractivity contribution in [1.29, 1.82) is 0 Å². The first kappa shape index (κ1) is 15.7. The molecule has 0 aromatic heterocycles. The van der Waals surface area contributed by atoms with Gasteiger partial charge in [0.25, 0.3) is 0 Å². The number of hydrogen-bond donors (Lipinski definition) is 0. The average Bonchev–Trinajstić information content (AvgIpc) is 2.14. The Bertz CT molecular complexity index is 413. The third kappa shape index (κ3) is 4.05. The predicted octanol–water partition coefficient (Wildman–Crippen LogP) is 4.98. The highest BCUT2D eigenvalue weighted by atomic mass is 79.9. The van der Waals surface area contributed by atoms with Crippen molar-refractivity contribution in [2.75, 3.05) is 0 Å². The highest BCUT2D eigenvalue weighted by molar-refractivity contribution is 9.70. The van der Waals surface area contributed by atoms with Crippen LogP contribution in [0.3, 0.4) is 0 Å². The van der Waals surface area contributed by atoms with E-state index in [1.165, 1.54) is 6.07 Å². The van der Waals surface area contributed by atoms with Gasteiger partial charge in [0.1, 0.15) is 0 Å². The highest BCUT2D eigenvalue weighted by Crippen LogP contribution is 2.52. The minimum absolute atomic E-state index is 0.312. The van der Waals surface area contributed by atoms with E-state index in [4.69, 9.17) is 0 Å². The predicted molar refractivity (Wildman–Crippen MR) is 78.8 cm³/mol. The summed E-state index contributed by atoms with van der Waals surface area (Å²) in [6.45, 7) is 6.35. The minimum Gasteiger partial charge on any atom is -0.166 e. The van der Waals surface area contributed by atoms with Crippen LogP contribution in [0, 0.1) is 0 Å². The molecule has 17 heavy (non-hydrogen) atoms. The molecule has 0 amide bonds. The fourth-order valence-corrected chi connectivity index (χ4v) is 5.04. The average molecular weight is 408 g/mol. The summed E-state index contributed by atoms with van der Waals surface area (Å²) in [4.78, 5) is 0. The standard InChI is InChI=1S/C10H12Br2F3PSi/c1-17(2,3)7-4-5-8(10(13,14)15)9(6-7)16(11)12/h4-6H,1-3H3. The van der Waals surface area contributed by atoms with Gasteiger partial charge in [0.05, 0.1) is 19.0 Å². The second kappa shape index (κ2) is 5.31. The van der Waals surface area contributed by atoms with Crippen molar-refractivity contribution in [3.63, 3.8) is 0 Å². The van der Waals surface area contributed by atoms with Crippen LogP contribution in [0.2, 0.25) is 19.6 Å². The third-order valence-electron chi connectivity index (χ3n) is 2.35. The summed E-state index contributed by atoms with van der Waals surface area (Å²) in [5, 5.41) is 0.230. The summed E-state index contributed by atoms with van der Waals surface area (Å²) in [7, 11) is -1.59. The Morgan fingerprint density at radius 2 is 1.65 bits per heavy atom. The summed E-state index contributed by atoms with van der Waals surface area (Å²) in [5.74, 6) is 0. The van der Waals surface area contributed by atoms with Crippen LogP contribution in [0.15, 0.2) is 18.2 Å². The maximum Gasteiger partial charge on any atom is 0.417 e. The number of hydrogen-bond acceptors (Lipinski definition) is 0.